The first-order valence-electron chi connectivity index (χ1n) is 3.18. The number of rotatable bonds is 2. The van der Waals surface area contributed by atoms with E-state index in [1.165, 1.54) is 18.2 Å². The van der Waals surface area contributed by atoms with Crippen LogP contribution >= 0.6 is 15.9 Å². The molecule has 64 valence electrons. The molecule has 0 bridgehead atoms. The van der Waals surface area contributed by atoms with Gasteiger partial charge in [-0.2, -0.15) is 0 Å². The zero-order valence-corrected chi connectivity index (χ0v) is 7.56. The number of hydrogen-bond acceptors (Lipinski definition) is 3. The fourth-order valence-corrected chi connectivity index (χ4v) is 1.07. The molecule has 0 aliphatic carbocycles. The number of nitrogens with zero attached hydrogens (tertiary/aromatic N) is 1. The molecule has 0 amide bonds. The Morgan fingerprint density at radius 3 is 2.75 bits per heavy atom. The van der Waals surface area contributed by atoms with Crippen molar-refractivity contribution in [3.05, 3.63) is 39.9 Å². The van der Waals surface area contributed by atoms with Crippen LogP contribution < -0.4 is 0 Å². The topological polar surface area (TPSA) is 63.4 Å². The average Bonchev–Trinajstić information content (AvgIpc) is 2.04. The summed E-state index contributed by atoms with van der Waals surface area (Å²) in [5.74, 6) is 0. The van der Waals surface area contributed by atoms with Crippen LogP contribution in [0.15, 0.2) is 24.3 Å². The van der Waals surface area contributed by atoms with E-state index < -0.39 is 9.94 Å². The number of aliphatic hydroxyl groups is 1. The highest BCUT2D eigenvalue weighted by Gasteiger charge is 2.08. The summed E-state index contributed by atoms with van der Waals surface area (Å²) in [6, 6.07) is 5.82. The molecule has 4 nitrogen and oxygen atoms in total. The molecule has 0 spiro atoms. The molecule has 0 aliphatic heterocycles. The lowest BCUT2D eigenvalue weighted by Crippen LogP contribution is -1.91. The Labute approximate surface area is 77.1 Å². The molecule has 1 aromatic rings. The Hall–Kier alpha value is -0.940. The highest BCUT2D eigenvalue weighted by molar-refractivity contribution is 9.09. The minimum absolute atomic E-state index is 0.0222. The van der Waals surface area contributed by atoms with Gasteiger partial charge in [0.25, 0.3) is 5.69 Å². The van der Waals surface area contributed by atoms with Crippen molar-refractivity contribution in [1.29, 1.82) is 0 Å². The van der Waals surface area contributed by atoms with Gasteiger partial charge >= 0.3 is 0 Å². The van der Waals surface area contributed by atoms with Crippen molar-refractivity contribution in [3.8, 4) is 0 Å². The van der Waals surface area contributed by atoms with Crippen molar-refractivity contribution in [3.63, 3.8) is 0 Å². The molecule has 1 atom stereocenters. The van der Waals surface area contributed by atoms with Crippen LogP contribution in [0.3, 0.4) is 0 Å². The Kier molecular flexibility index (Phi) is 2.78. The molecule has 0 saturated heterocycles. The third kappa shape index (κ3) is 2.02. The summed E-state index contributed by atoms with van der Waals surface area (Å²) in [7, 11) is 0. The van der Waals surface area contributed by atoms with E-state index in [2.05, 4.69) is 15.9 Å². The molecule has 0 fully saturated rings. The molecule has 0 heterocycles. The number of alkyl halides is 1. The van der Waals surface area contributed by atoms with E-state index in [9.17, 15) is 10.1 Å². The monoisotopic (exact) mass is 231 g/mol. The molecule has 1 N–H and O–H groups in total. The number of nitro groups is 1. The molecule has 1 unspecified atom stereocenters. The van der Waals surface area contributed by atoms with Crippen LogP contribution in [-0.4, -0.2) is 10.0 Å². The molecule has 12 heavy (non-hydrogen) atoms. The fourth-order valence-electron chi connectivity index (χ4n) is 0.787. The highest BCUT2D eigenvalue weighted by atomic mass is 79.9. The number of halogens is 1. The van der Waals surface area contributed by atoms with Gasteiger partial charge in [0.05, 0.1) is 4.92 Å². The minimum atomic E-state index is -0.850. The number of non-ortho nitro benzene ring substituents is 1. The second-order valence-electron chi connectivity index (χ2n) is 2.19. The molecule has 1 rings (SSSR count). The van der Waals surface area contributed by atoms with Crippen LogP contribution in [0.5, 0.6) is 0 Å². The van der Waals surface area contributed by atoms with E-state index in [0.717, 1.165) is 0 Å². The number of hydrogen-bond donors (Lipinski definition) is 1. The number of benzene rings is 1. The molecule has 0 aliphatic rings. The van der Waals surface area contributed by atoms with Gasteiger partial charge in [0, 0.05) is 12.1 Å². The second-order valence-corrected chi connectivity index (χ2v) is 3.06. The SMILES string of the molecule is O=[N+]([O-])c1cccc(C(O)Br)c1. The van der Waals surface area contributed by atoms with E-state index in [-0.39, 0.29) is 5.69 Å². The zero-order valence-electron chi connectivity index (χ0n) is 5.98. The van der Waals surface area contributed by atoms with Gasteiger partial charge in [-0.05, 0) is 5.56 Å². The van der Waals surface area contributed by atoms with Gasteiger partial charge < -0.3 is 5.11 Å². The predicted molar refractivity (Wildman–Crippen MR) is 47.0 cm³/mol. The maximum Gasteiger partial charge on any atom is 0.269 e. The van der Waals surface area contributed by atoms with E-state index in [4.69, 9.17) is 5.11 Å². The van der Waals surface area contributed by atoms with Crippen LogP contribution in [0.25, 0.3) is 0 Å². The molecule has 0 radical (unpaired) electrons. The summed E-state index contributed by atoms with van der Waals surface area (Å²) in [4.78, 5) is 9.78. The van der Waals surface area contributed by atoms with Crippen LogP contribution in [0.1, 0.15) is 10.6 Å². The smallest absolute Gasteiger partial charge is 0.269 e. The summed E-state index contributed by atoms with van der Waals surface area (Å²) < 4.78 is 0. The van der Waals surface area contributed by atoms with Gasteiger partial charge in [-0.3, -0.25) is 10.1 Å². The van der Waals surface area contributed by atoms with E-state index >= 15 is 0 Å². The maximum atomic E-state index is 10.3. The van der Waals surface area contributed by atoms with Crippen molar-refractivity contribution in [2.75, 3.05) is 0 Å². The number of nitro benzene ring substituents is 1. The number of aliphatic hydroxyl groups excluding tert-OH is 1. The largest absolute Gasteiger partial charge is 0.377 e. The van der Waals surface area contributed by atoms with Gasteiger partial charge in [-0.25, -0.2) is 0 Å². The van der Waals surface area contributed by atoms with Gasteiger partial charge in [0.1, 0.15) is 5.01 Å². The van der Waals surface area contributed by atoms with E-state index in [0.29, 0.717) is 5.56 Å². The first-order valence-corrected chi connectivity index (χ1v) is 4.09. The molecule has 0 saturated carbocycles. The Morgan fingerprint density at radius 2 is 2.25 bits per heavy atom. The summed E-state index contributed by atoms with van der Waals surface area (Å²) >= 11 is 2.90. The van der Waals surface area contributed by atoms with Crippen molar-refractivity contribution >= 4 is 21.6 Å². The van der Waals surface area contributed by atoms with Crippen LogP contribution in [0.4, 0.5) is 5.69 Å². The maximum absolute atomic E-state index is 10.3. The third-order valence-corrected chi connectivity index (χ3v) is 1.88. The molecular weight excluding hydrogens is 226 g/mol. The first-order chi connectivity index (χ1) is 5.61. The quantitative estimate of drug-likeness (QED) is 0.481. The Morgan fingerprint density at radius 1 is 1.58 bits per heavy atom. The summed E-state index contributed by atoms with van der Waals surface area (Å²) in [6.45, 7) is 0. The van der Waals surface area contributed by atoms with Gasteiger partial charge in [-0.15, -0.1) is 0 Å². The van der Waals surface area contributed by atoms with Crippen LogP contribution in [-0.2, 0) is 0 Å². The second kappa shape index (κ2) is 3.64. The Balaban J connectivity index is 3.04. The highest BCUT2D eigenvalue weighted by Crippen LogP contribution is 2.22. The standard InChI is InChI=1S/C7H6BrNO3/c8-7(10)5-2-1-3-6(4-5)9(11)12/h1-4,7,10H. The van der Waals surface area contributed by atoms with Crippen molar-refractivity contribution in [2.24, 2.45) is 0 Å². The van der Waals surface area contributed by atoms with Crippen LogP contribution in [0, 0.1) is 10.1 Å². The molecule has 1 aromatic carbocycles. The van der Waals surface area contributed by atoms with E-state index in [1.807, 2.05) is 0 Å². The lowest BCUT2D eigenvalue weighted by molar-refractivity contribution is -0.384. The van der Waals surface area contributed by atoms with Gasteiger partial charge in [0.15, 0.2) is 0 Å². The minimum Gasteiger partial charge on any atom is -0.377 e. The van der Waals surface area contributed by atoms with Gasteiger partial charge in [0.2, 0.25) is 0 Å². The Bertz CT molecular complexity index is 300. The lowest BCUT2D eigenvalue weighted by Gasteiger charge is -2.00. The summed E-state index contributed by atoms with van der Waals surface area (Å²) in [5.41, 5.74) is 0.454. The molecular formula is C7H6BrNO3. The zero-order chi connectivity index (χ0) is 9.14. The molecule has 5 heteroatoms. The first kappa shape index (κ1) is 9.15. The van der Waals surface area contributed by atoms with Crippen molar-refractivity contribution in [2.45, 2.75) is 5.01 Å². The predicted octanol–water partition coefficient (Wildman–Crippen LogP) is 1.98. The molecule has 0 aromatic heterocycles. The van der Waals surface area contributed by atoms with Crippen molar-refractivity contribution in [1.82, 2.24) is 0 Å². The summed E-state index contributed by atoms with van der Waals surface area (Å²) in [5, 5.41) is 18.5. The lowest BCUT2D eigenvalue weighted by atomic mass is 10.2. The fraction of sp³-hybridized carbons (Fsp3) is 0.143. The normalized spacial score (nSPS) is 12.5. The van der Waals surface area contributed by atoms with Crippen molar-refractivity contribution < 1.29 is 10.0 Å². The van der Waals surface area contributed by atoms with E-state index in [1.54, 1.807) is 6.07 Å². The summed E-state index contributed by atoms with van der Waals surface area (Å²) in [6.07, 6.45) is 0. The average molecular weight is 232 g/mol. The van der Waals surface area contributed by atoms with Gasteiger partial charge in [-0.1, -0.05) is 28.1 Å². The third-order valence-electron chi connectivity index (χ3n) is 1.36. The van der Waals surface area contributed by atoms with Crippen LogP contribution in [0.2, 0.25) is 0 Å².